The molecule has 0 fully saturated rings. The lowest BCUT2D eigenvalue weighted by atomic mass is 10.2. The van der Waals surface area contributed by atoms with E-state index in [0.717, 1.165) is 25.2 Å². The van der Waals surface area contributed by atoms with Crippen LogP contribution in [0, 0.1) is 6.92 Å². The average molecular weight is 232 g/mol. The number of pyridine rings is 1. The van der Waals surface area contributed by atoms with Gasteiger partial charge in [-0.25, -0.2) is 0 Å². The molecule has 0 atom stereocenters. The Morgan fingerprint density at radius 3 is 3.06 bits per heavy atom. The molecule has 0 bridgehead atoms. The van der Waals surface area contributed by atoms with E-state index in [1.54, 1.807) is 11.3 Å². The Bertz CT molecular complexity index is 423. The van der Waals surface area contributed by atoms with Crippen molar-refractivity contribution in [2.45, 2.75) is 19.9 Å². The molecule has 3 heteroatoms. The highest BCUT2D eigenvalue weighted by Crippen LogP contribution is 2.06. The maximum absolute atomic E-state index is 4.35. The summed E-state index contributed by atoms with van der Waals surface area (Å²) in [7, 11) is 0. The zero-order chi connectivity index (χ0) is 11.2. The van der Waals surface area contributed by atoms with E-state index in [0.29, 0.717) is 0 Å². The molecular weight excluding hydrogens is 216 g/mol. The summed E-state index contributed by atoms with van der Waals surface area (Å²) < 4.78 is 0. The number of aryl methyl sites for hydroxylation is 1. The molecule has 0 spiro atoms. The molecule has 0 amide bonds. The summed E-state index contributed by atoms with van der Waals surface area (Å²) in [6.07, 6.45) is 2.94. The van der Waals surface area contributed by atoms with Gasteiger partial charge in [0.25, 0.3) is 0 Å². The molecule has 2 aromatic heterocycles. The van der Waals surface area contributed by atoms with Gasteiger partial charge in [0, 0.05) is 12.7 Å². The zero-order valence-electron chi connectivity index (χ0n) is 9.44. The van der Waals surface area contributed by atoms with Crippen LogP contribution >= 0.6 is 11.3 Å². The average Bonchev–Trinajstić information content (AvgIpc) is 2.79. The summed E-state index contributed by atoms with van der Waals surface area (Å²) >= 11 is 1.76. The van der Waals surface area contributed by atoms with E-state index in [9.17, 15) is 0 Å². The molecular formula is C13H16N2S. The molecule has 2 heterocycles. The maximum atomic E-state index is 4.35. The van der Waals surface area contributed by atoms with Crippen molar-refractivity contribution < 1.29 is 0 Å². The second-order valence-electron chi connectivity index (χ2n) is 3.83. The van der Waals surface area contributed by atoms with Gasteiger partial charge in [-0.2, -0.15) is 11.3 Å². The van der Waals surface area contributed by atoms with Crippen LogP contribution in [0.2, 0.25) is 0 Å². The molecule has 2 aromatic rings. The first-order valence-electron chi connectivity index (χ1n) is 5.48. The molecule has 0 aliphatic carbocycles. The van der Waals surface area contributed by atoms with Crippen LogP contribution in [0.25, 0.3) is 0 Å². The van der Waals surface area contributed by atoms with Gasteiger partial charge in [0.05, 0.1) is 5.69 Å². The number of aromatic nitrogens is 1. The van der Waals surface area contributed by atoms with E-state index >= 15 is 0 Å². The Balaban J connectivity index is 1.74. The molecule has 16 heavy (non-hydrogen) atoms. The summed E-state index contributed by atoms with van der Waals surface area (Å²) in [6, 6.07) is 6.26. The first kappa shape index (κ1) is 11.3. The monoisotopic (exact) mass is 232 g/mol. The van der Waals surface area contributed by atoms with Crippen LogP contribution in [0.5, 0.6) is 0 Å². The lowest BCUT2D eigenvalue weighted by Gasteiger charge is -2.05. The Morgan fingerprint density at radius 2 is 2.31 bits per heavy atom. The number of nitrogens with zero attached hydrogens (tertiary/aromatic N) is 1. The molecule has 2 nitrogen and oxygen atoms in total. The zero-order valence-corrected chi connectivity index (χ0v) is 10.3. The van der Waals surface area contributed by atoms with Crippen LogP contribution < -0.4 is 5.32 Å². The van der Waals surface area contributed by atoms with E-state index in [1.807, 2.05) is 12.3 Å². The highest BCUT2D eigenvalue weighted by atomic mass is 32.1. The third-order valence-electron chi connectivity index (χ3n) is 2.58. The quantitative estimate of drug-likeness (QED) is 0.802. The minimum absolute atomic E-state index is 0.858. The predicted molar refractivity (Wildman–Crippen MR) is 68.7 cm³/mol. The molecule has 84 valence electrons. The van der Waals surface area contributed by atoms with Crippen molar-refractivity contribution in [2.24, 2.45) is 0 Å². The van der Waals surface area contributed by atoms with Gasteiger partial charge in [-0.15, -0.1) is 0 Å². The number of nitrogens with one attached hydrogen (secondary N) is 1. The van der Waals surface area contributed by atoms with Crippen molar-refractivity contribution in [3.8, 4) is 0 Å². The van der Waals surface area contributed by atoms with E-state index in [4.69, 9.17) is 0 Å². The minimum atomic E-state index is 0.858. The van der Waals surface area contributed by atoms with Crippen molar-refractivity contribution in [3.63, 3.8) is 0 Å². The summed E-state index contributed by atoms with van der Waals surface area (Å²) in [4.78, 5) is 4.35. The second kappa shape index (κ2) is 5.77. The van der Waals surface area contributed by atoms with Crippen molar-refractivity contribution in [2.75, 3.05) is 6.54 Å². The van der Waals surface area contributed by atoms with Crippen molar-refractivity contribution in [1.29, 1.82) is 0 Å². The first-order chi connectivity index (χ1) is 7.86. The lowest BCUT2D eigenvalue weighted by molar-refractivity contribution is 0.672. The lowest BCUT2D eigenvalue weighted by Crippen LogP contribution is -2.17. The molecule has 0 unspecified atom stereocenters. The topological polar surface area (TPSA) is 24.9 Å². The molecule has 0 aliphatic rings. The van der Waals surface area contributed by atoms with Crippen molar-refractivity contribution >= 4 is 11.3 Å². The van der Waals surface area contributed by atoms with Gasteiger partial charge in [-0.05, 0) is 53.9 Å². The van der Waals surface area contributed by atoms with Gasteiger partial charge < -0.3 is 5.32 Å². The van der Waals surface area contributed by atoms with E-state index in [2.05, 4.69) is 40.1 Å². The Hall–Kier alpha value is -1.19. The molecule has 2 rings (SSSR count). The van der Waals surface area contributed by atoms with Crippen molar-refractivity contribution in [1.82, 2.24) is 10.3 Å². The highest BCUT2D eigenvalue weighted by molar-refractivity contribution is 7.07. The fourth-order valence-corrected chi connectivity index (χ4v) is 2.28. The summed E-state index contributed by atoms with van der Waals surface area (Å²) in [5, 5.41) is 7.75. The van der Waals surface area contributed by atoms with Crippen LogP contribution in [0.3, 0.4) is 0 Å². The fraction of sp³-hybridized carbons (Fsp3) is 0.308. The number of thiophene rings is 1. The molecule has 0 aromatic carbocycles. The van der Waals surface area contributed by atoms with E-state index < -0.39 is 0 Å². The van der Waals surface area contributed by atoms with Crippen LogP contribution in [0.4, 0.5) is 0 Å². The standard InChI is InChI=1S/C13H16N2S/c1-11-3-2-6-15-13(11)9-14-7-4-12-5-8-16-10-12/h2-3,5-6,8,10,14H,4,7,9H2,1H3. The van der Waals surface area contributed by atoms with Gasteiger partial charge in [0.15, 0.2) is 0 Å². The number of rotatable bonds is 5. The highest BCUT2D eigenvalue weighted by Gasteiger charge is 1.98. The number of hydrogen-bond donors (Lipinski definition) is 1. The van der Waals surface area contributed by atoms with Gasteiger partial charge in [-0.3, -0.25) is 4.98 Å². The molecule has 0 saturated heterocycles. The smallest absolute Gasteiger partial charge is 0.0570 e. The summed E-state index contributed by atoms with van der Waals surface area (Å²) in [5.74, 6) is 0. The van der Waals surface area contributed by atoms with E-state index in [1.165, 1.54) is 11.1 Å². The van der Waals surface area contributed by atoms with Gasteiger partial charge in [0.1, 0.15) is 0 Å². The van der Waals surface area contributed by atoms with Crippen LogP contribution in [-0.2, 0) is 13.0 Å². The Labute approximate surface area is 100 Å². The van der Waals surface area contributed by atoms with E-state index in [-0.39, 0.29) is 0 Å². The molecule has 0 saturated carbocycles. The summed E-state index contributed by atoms with van der Waals surface area (Å²) in [6.45, 7) is 3.96. The van der Waals surface area contributed by atoms with Gasteiger partial charge >= 0.3 is 0 Å². The molecule has 0 aliphatic heterocycles. The minimum Gasteiger partial charge on any atom is -0.311 e. The van der Waals surface area contributed by atoms with Crippen LogP contribution in [0.1, 0.15) is 16.8 Å². The first-order valence-corrected chi connectivity index (χ1v) is 6.43. The van der Waals surface area contributed by atoms with Crippen LogP contribution in [0.15, 0.2) is 35.2 Å². The third-order valence-corrected chi connectivity index (χ3v) is 3.31. The Morgan fingerprint density at radius 1 is 1.38 bits per heavy atom. The maximum Gasteiger partial charge on any atom is 0.0570 e. The molecule has 0 radical (unpaired) electrons. The normalized spacial score (nSPS) is 10.6. The largest absolute Gasteiger partial charge is 0.311 e. The van der Waals surface area contributed by atoms with Gasteiger partial charge in [-0.1, -0.05) is 6.07 Å². The molecule has 1 N–H and O–H groups in total. The van der Waals surface area contributed by atoms with Crippen LogP contribution in [-0.4, -0.2) is 11.5 Å². The predicted octanol–water partition coefficient (Wildman–Crippen LogP) is 2.78. The number of hydrogen-bond acceptors (Lipinski definition) is 3. The fourth-order valence-electron chi connectivity index (χ4n) is 1.58. The van der Waals surface area contributed by atoms with Crippen molar-refractivity contribution in [3.05, 3.63) is 52.0 Å². The SMILES string of the molecule is Cc1cccnc1CNCCc1ccsc1. The Kier molecular flexibility index (Phi) is 4.08. The van der Waals surface area contributed by atoms with Gasteiger partial charge in [0.2, 0.25) is 0 Å². The third kappa shape index (κ3) is 3.15. The summed E-state index contributed by atoms with van der Waals surface area (Å²) in [5.41, 5.74) is 3.81. The second-order valence-corrected chi connectivity index (χ2v) is 4.61.